The second-order valence-electron chi connectivity index (χ2n) is 5.47. The number of furan rings is 1. The second-order valence-corrected chi connectivity index (χ2v) is 5.47. The lowest BCUT2D eigenvalue weighted by molar-refractivity contribution is -0.119. The van der Waals surface area contributed by atoms with Crippen molar-refractivity contribution in [2.75, 3.05) is 17.2 Å². The van der Waals surface area contributed by atoms with E-state index in [9.17, 15) is 14.4 Å². The van der Waals surface area contributed by atoms with Crippen molar-refractivity contribution < 1.29 is 23.5 Å². The Morgan fingerprint density at radius 1 is 0.852 bits per heavy atom. The van der Waals surface area contributed by atoms with Gasteiger partial charge in [0.05, 0.1) is 17.5 Å². The van der Waals surface area contributed by atoms with Crippen LogP contribution in [0, 0.1) is 0 Å². The van der Waals surface area contributed by atoms with E-state index >= 15 is 0 Å². The summed E-state index contributed by atoms with van der Waals surface area (Å²) in [5, 5.41) is 5.20. The highest BCUT2D eigenvalue weighted by Gasteiger charge is 2.17. The van der Waals surface area contributed by atoms with Gasteiger partial charge in [-0.1, -0.05) is 30.3 Å². The quantitative estimate of drug-likeness (QED) is 0.654. The average Bonchev–Trinajstić information content (AvgIpc) is 3.22. The highest BCUT2D eigenvalue weighted by molar-refractivity contribution is 6.07. The predicted molar refractivity (Wildman–Crippen MR) is 98.5 cm³/mol. The number of benzene rings is 2. The number of hydrogen-bond donors (Lipinski definition) is 2. The van der Waals surface area contributed by atoms with Crippen LogP contribution in [-0.2, 0) is 9.53 Å². The van der Waals surface area contributed by atoms with E-state index in [1.807, 2.05) is 6.07 Å². The van der Waals surface area contributed by atoms with Crippen molar-refractivity contribution in [3.8, 4) is 0 Å². The lowest BCUT2D eigenvalue weighted by Gasteiger charge is -2.10. The van der Waals surface area contributed by atoms with Crippen LogP contribution in [0.4, 0.5) is 11.4 Å². The first-order valence-corrected chi connectivity index (χ1v) is 8.09. The van der Waals surface area contributed by atoms with Gasteiger partial charge in [0.25, 0.3) is 11.8 Å². The van der Waals surface area contributed by atoms with Gasteiger partial charge in [-0.25, -0.2) is 4.79 Å². The number of esters is 1. The van der Waals surface area contributed by atoms with Crippen LogP contribution in [0.2, 0.25) is 0 Å². The van der Waals surface area contributed by atoms with Gasteiger partial charge in [0.2, 0.25) is 0 Å². The Morgan fingerprint density at radius 2 is 1.59 bits per heavy atom. The van der Waals surface area contributed by atoms with Crippen LogP contribution in [0.1, 0.15) is 20.9 Å². The van der Waals surface area contributed by atoms with Crippen molar-refractivity contribution >= 4 is 29.2 Å². The van der Waals surface area contributed by atoms with Crippen LogP contribution in [0.3, 0.4) is 0 Å². The van der Waals surface area contributed by atoms with Crippen molar-refractivity contribution in [3.63, 3.8) is 0 Å². The average molecular weight is 364 g/mol. The fourth-order valence-electron chi connectivity index (χ4n) is 2.29. The number of hydrogen-bond acceptors (Lipinski definition) is 5. The third kappa shape index (κ3) is 4.82. The molecule has 0 aliphatic carbocycles. The molecular weight excluding hydrogens is 348 g/mol. The predicted octanol–water partition coefficient (Wildman–Crippen LogP) is 3.33. The molecule has 27 heavy (non-hydrogen) atoms. The van der Waals surface area contributed by atoms with Gasteiger partial charge in [-0.3, -0.25) is 9.59 Å². The van der Waals surface area contributed by atoms with E-state index in [2.05, 4.69) is 10.6 Å². The summed E-state index contributed by atoms with van der Waals surface area (Å²) < 4.78 is 10.1. The maximum absolute atomic E-state index is 12.3. The highest BCUT2D eigenvalue weighted by atomic mass is 16.5. The maximum Gasteiger partial charge on any atom is 0.340 e. The zero-order valence-electron chi connectivity index (χ0n) is 14.2. The number of carbonyl (C=O) groups excluding carboxylic acids is 3. The molecule has 0 fully saturated rings. The second kappa shape index (κ2) is 8.48. The van der Waals surface area contributed by atoms with E-state index in [-0.39, 0.29) is 17.0 Å². The minimum absolute atomic E-state index is 0.111. The Labute approximate surface area is 154 Å². The minimum Gasteiger partial charge on any atom is -0.459 e. The SMILES string of the molecule is O=C(COC(=O)c1ccccc1NC(=O)c1ccco1)Nc1ccccc1. The fourth-order valence-corrected chi connectivity index (χ4v) is 2.29. The van der Waals surface area contributed by atoms with Gasteiger partial charge in [0, 0.05) is 5.69 Å². The monoisotopic (exact) mass is 364 g/mol. The zero-order chi connectivity index (χ0) is 19.1. The molecule has 0 saturated carbocycles. The van der Waals surface area contributed by atoms with Crippen LogP contribution in [0.25, 0.3) is 0 Å². The van der Waals surface area contributed by atoms with Crippen LogP contribution in [0.5, 0.6) is 0 Å². The van der Waals surface area contributed by atoms with E-state index in [0.717, 1.165) is 0 Å². The molecule has 136 valence electrons. The molecule has 7 heteroatoms. The van der Waals surface area contributed by atoms with Crippen molar-refractivity contribution in [1.82, 2.24) is 0 Å². The minimum atomic E-state index is -0.728. The van der Waals surface area contributed by atoms with Crippen molar-refractivity contribution in [2.24, 2.45) is 0 Å². The summed E-state index contributed by atoms with van der Waals surface area (Å²) in [6.45, 7) is -0.450. The number of anilines is 2. The van der Waals surface area contributed by atoms with Crippen LogP contribution in [0.15, 0.2) is 77.4 Å². The van der Waals surface area contributed by atoms with Crippen molar-refractivity contribution in [3.05, 3.63) is 84.3 Å². The summed E-state index contributed by atoms with van der Waals surface area (Å²) in [6, 6.07) is 18.3. The molecule has 1 heterocycles. The number of para-hydroxylation sites is 2. The first-order chi connectivity index (χ1) is 13.1. The molecule has 0 atom stereocenters. The molecule has 0 bridgehead atoms. The lowest BCUT2D eigenvalue weighted by atomic mass is 10.1. The molecule has 0 aliphatic rings. The topological polar surface area (TPSA) is 97.6 Å². The van der Waals surface area contributed by atoms with Gasteiger partial charge in [0.1, 0.15) is 0 Å². The molecule has 0 radical (unpaired) electrons. The van der Waals surface area contributed by atoms with E-state index in [0.29, 0.717) is 5.69 Å². The summed E-state index contributed by atoms with van der Waals surface area (Å²) in [4.78, 5) is 36.3. The van der Waals surface area contributed by atoms with Gasteiger partial charge < -0.3 is 19.8 Å². The van der Waals surface area contributed by atoms with Crippen molar-refractivity contribution in [2.45, 2.75) is 0 Å². The molecular formula is C20H16N2O5. The molecule has 0 saturated heterocycles. The van der Waals surface area contributed by atoms with E-state index in [1.165, 1.54) is 18.4 Å². The molecule has 0 aliphatic heterocycles. The first kappa shape index (κ1) is 17.9. The molecule has 1 aromatic heterocycles. The Bertz CT molecular complexity index is 936. The van der Waals surface area contributed by atoms with Crippen LogP contribution < -0.4 is 10.6 Å². The normalized spacial score (nSPS) is 10.1. The molecule has 2 N–H and O–H groups in total. The van der Waals surface area contributed by atoms with Crippen LogP contribution in [-0.4, -0.2) is 24.4 Å². The Kier molecular flexibility index (Phi) is 5.64. The van der Waals surface area contributed by atoms with Gasteiger partial charge in [-0.15, -0.1) is 0 Å². The molecule has 0 unspecified atom stereocenters. The van der Waals surface area contributed by atoms with Gasteiger partial charge >= 0.3 is 5.97 Å². The third-order valence-corrected chi connectivity index (χ3v) is 3.53. The number of nitrogens with one attached hydrogen (secondary N) is 2. The molecule has 2 amide bonds. The Morgan fingerprint density at radius 3 is 2.33 bits per heavy atom. The standard InChI is InChI=1S/C20H16N2O5/c23-18(21-14-7-2-1-3-8-14)13-27-20(25)15-9-4-5-10-16(15)22-19(24)17-11-6-12-26-17/h1-12H,13H2,(H,21,23)(H,22,24). The summed E-state index contributed by atoms with van der Waals surface area (Å²) in [6.07, 6.45) is 1.38. The highest BCUT2D eigenvalue weighted by Crippen LogP contribution is 2.17. The Balaban J connectivity index is 1.61. The Hall–Kier alpha value is -3.87. The molecule has 3 aromatic rings. The molecule has 3 rings (SSSR count). The summed E-state index contributed by atoms with van der Waals surface area (Å²) in [5.41, 5.74) is 0.988. The molecule has 2 aromatic carbocycles. The summed E-state index contributed by atoms with van der Waals surface area (Å²) >= 11 is 0. The maximum atomic E-state index is 12.3. The fraction of sp³-hybridized carbons (Fsp3) is 0.0500. The molecule has 7 nitrogen and oxygen atoms in total. The van der Waals surface area contributed by atoms with Gasteiger partial charge in [0.15, 0.2) is 12.4 Å². The van der Waals surface area contributed by atoms with Gasteiger partial charge in [-0.05, 0) is 36.4 Å². The van der Waals surface area contributed by atoms with E-state index in [1.54, 1.807) is 48.5 Å². The van der Waals surface area contributed by atoms with E-state index in [4.69, 9.17) is 9.15 Å². The van der Waals surface area contributed by atoms with Crippen molar-refractivity contribution in [1.29, 1.82) is 0 Å². The summed E-state index contributed by atoms with van der Waals surface area (Å²) in [7, 11) is 0. The first-order valence-electron chi connectivity index (χ1n) is 8.09. The zero-order valence-corrected chi connectivity index (χ0v) is 14.2. The third-order valence-electron chi connectivity index (χ3n) is 3.53. The number of ether oxygens (including phenoxy) is 1. The number of amides is 2. The largest absolute Gasteiger partial charge is 0.459 e. The smallest absolute Gasteiger partial charge is 0.340 e. The molecule has 0 spiro atoms. The lowest BCUT2D eigenvalue weighted by Crippen LogP contribution is -2.22. The van der Waals surface area contributed by atoms with E-state index < -0.39 is 24.4 Å². The number of rotatable bonds is 6. The number of carbonyl (C=O) groups is 3. The van der Waals surface area contributed by atoms with Crippen LogP contribution >= 0.6 is 0 Å². The summed E-state index contributed by atoms with van der Waals surface area (Å²) in [5.74, 6) is -1.58. The van der Waals surface area contributed by atoms with Gasteiger partial charge in [-0.2, -0.15) is 0 Å².